The summed E-state index contributed by atoms with van der Waals surface area (Å²) in [7, 11) is 1.19. The Morgan fingerprint density at radius 3 is 1.30 bits per heavy atom. The second-order valence-corrected chi connectivity index (χ2v) is 22.6. The lowest BCUT2D eigenvalue weighted by molar-refractivity contribution is -0.870. The molecule has 0 aromatic heterocycles. The quantitative estimate of drug-likeness (QED) is 0.0161. The van der Waals surface area contributed by atoms with Gasteiger partial charge in [-0.1, -0.05) is 244 Å². The first kappa shape index (κ1) is 67.2. The van der Waals surface area contributed by atoms with E-state index >= 15 is 0 Å². The van der Waals surface area contributed by atoms with Gasteiger partial charge in [-0.05, 0) is 57.4 Å². The standard InChI is InChI=1S/C59H113N2O7P/c1-7-10-13-16-19-22-25-28-30-33-36-39-42-45-48-51-58(62)60-56(55-67-69(64,65)66-54-53-61(4,5)6)57(50-47-44-41-38-35-32-27-24-21-18-15-12-9-3)68-59(63)52-49-46-43-40-37-34-31-29-26-23-20-17-14-11-8-2/h20,23,26,29,47,50,56-57H,7-19,21-22,24-25,27-28,30-46,48-49,51-55H2,1-6H3,(H-,60,62,64,65)/b23-20+,29-26+,50-47+. The van der Waals surface area contributed by atoms with Crippen LogP contribution in [0.15, 0.2) is 36.5 Å². The molecule has 1 amide bonds. The Labute approximate surface area is 427 Å². The third-order valence-corrected chi connectivity index (χ3v) is 14.1. The molecule has 0 fully saturated rings. The second kappa shape index (κ2) is 49.8. The Morgan fingerprint density at radius 2 is 0.870 bits per heavy atom. The number of nitrogens with one attached hydrogen (secondary N) is 1. The molecule has 406 valence electrons. The van der Waals surface area contributed by atoms with E-state index < -0.39 is 20.0 Å². The molecule has 0 aliphatic heterocycles. The van der Waals surface area contributed by atoms with Crippen molar-refractivity contribution in [3.8, 4) is 0 Å². The highest BCUT2D eigenvalue weighted by Crippen LogP contribution is 2.38. The molecule has 0 saturated heterocycles. The fourth-order valence-electron chi connectivity index (χ4n) is 8.51. The normalized spacial score (nSPS) is 14.0. The molecule has 0 aromatic carbocycles. The van der Waals surface area contributed by atoms with Crippen molar-refractivity contribution in [3.63, 3.8) is 0 Å². The minimum Gasteiger partial charge on any atom is -0.756 e. The minimum atomic E-state index is -4.69. The summed E-state index contributed by atoms with van der Waals surface area (Å²) in [6, 6.07) is -0.888. The molecule has 69 heavy (non-hydrogen) atoms. The predicted octanol–water partition coefficient (Wildman–Crippen LogP) is 16.9. The Hall–Kier alpha value is -1.77. The van der Waals surface area contributed by atoms with Crippen LogP contribution in [0.25, 0.3) is 0 Å². The van der Waals surface area contributed by atoms with Crippen molar-refractivity contribution in [2.75, 3.05) is 40.9 Å². The fraction of sp³-hybridized carbons (Fsp3) is 0.864. The number of nitrogens with zero attached hydrogens (tertiary/aromatic N) is 1. The molecule has 10 heteroatoms. The molecular formula is C59H113N2O7P. The molecule has 0 aliphatic carbocycles. The maximum atomic E-state index is 13.5. The van der Waals surface area contributed by atoms with Gasteiger partial charge in [0.15, 0.2) is 0 Å². The highest BCUT2D eigenvalue weighted by molar-refractivity contribution is 7.45. The van der Waals surface area contributed by atoms with E-state index in [1.54, 1.807) is 0 Å². The van der Waals surface area contributed by atoms with Crippen LogP contribution < -0.4 is 10.2 Å². The Morgan fingerprint density at radius 1 is 0.507 bits per heavy atom. The SMILES string of the molecule is CCCCC/C=C/C=C/CCCCCCCCC(=O)OC(/C=C/CCCCCCCCCCCCC)C(COP(=O)([O-])OCC[N+](C)(C)C)NC(=O)CCCCCCCCCCCCCCCCC. The summed E-state index contributed by atoms with van der Waals surface area (Å²) in [5.74, 6) is -0.544. The highest BCUT2D eigenvalue weighted by Gasteiger charge is 2.27. The average Bonchev–Trinajstić information content (AvgIpc) is 3.31. The number of allylic oxidation sites excluding steroid dienone is 5. The molecule has 0 aromatic rings. The maximum Gasteiger partial charge on any atom is 0.306 e. The van der Waals surface area contributed by atoms with Crippen molar-refractivity contribution >= 4 is 19.7 Å². The molecule has 0 heterocycles. The van der Waals surface area contributed by atoms with Crippen LogP contribution in [0.5, 0.6) is 0 Å². The number of rotatable bonds is 53. The monoisotopic (exact) mass is 993 g/mol. The molecular weight excluding hydrogens is 880 g/mol. The van der Waals surface area contributed by atoms with Gasteiger partial charge in [-0.2, -0.15) is 0 Å². The Kier molecular flexibility index (Phi) is 48.5. The van der Waals surface area contributed by atoms with Crippen LogP contribution in [0.1, 0.15) is 278 Å². The number of quaternary nitrogens is 1. The molecule has 1 N–H and O–H groups in total. The van der Waals surface area contributed by atoms with Gasteiger partial charge < -0.3 is 28.5 Å². The van der Waals surface area contributed by atoms with Crippen molar-refractivity contribution in [2.45, 2.75) is 290 Å². The van der Waals surface area contributed by atoms with Gasteiger partial charge in [0, 0.05) is 12.8 Å². The number of unbranched alkanes of at least 4 members (excludes halogenated alkanes) is 34. The average molecular weight is 994 g/mol. The first-order chi connectivity index (χ1) is 33.4. The van der Waals surface area contributed by atoms with E-state index in [9.17, 15) is 19.0 Å². The summed E-state index contributed by atoms with van der Waals surface area (Å²) in [6.07, 6.45) is 58.1. The van der Waals surface area contributed by atoms with Crippen LogP contribution in [0.3, 0.4) is 0 Å². The smallest absolute Gasteiger partial charge is 0.306 e. The Bertz CT molecular complexity index is 1280. The lowest BCUT2D eigenvalue weighted by Gasteiger charge is -2.30. The number of hydrogen-bond acceptors (Lipinski definition) is 7. The zero-order valence-corrected chi connectivity index (χ0v) is 47.2. The molecule has 3 unspecified atom stereocenters. The van der Waals surface area contributed by atoms with E-state index in [1.807, 2.05) is 33.3 Å². The number of ether oxygens (including phenoxy) is 1. The number of carbonyl (C=O) groups excluding carboxylic acids is 2. The van der Waals surface area contributed by atoms with Gasteiger partial charge in [0.1, 0.15) is 19.3 Å². The summed E-state index contributed by atoms with van der Waals surface area (Å²) in [4.78, 5) is 39.9. The van der Waals surface area contributed by atoms with Crippen LogP contribution in [-0.4, -0.2) is 69.4 Å². The summed E-state index contributed by atoms with van der Waals surface area (Å²) in [5.41, 5.74) is 0. The van der Waals surface area contributed by atoms with Crippen molar-refractivity contribution in [3.05, 3.63) is 36.5 Å². The molecule has 0 spiro atoms. The fourth-order valence-corrected chi connectivity index (χ4v) is 9.24. The van der Waals surface area contributed by atoms with E-state index in [-0.39, 0.29) is 31.5 Å². The van der Waals surface area contributed by atoms with Gasteiger partial charge >= 0.3 is 5.97 Å². The predicted molar refractivity (Wildman–Crippen MR) is 293 cm³/mol. The topological polar surface area (TPSA) is 114 Å². The van der Waals surface area contributed by atoms with Crippen LogP contribution in [0.4, 0.5) is 0 Å². The van der Waals surface area contributed by atoms with Crippen molar-refractivity contribution in [1.29, 1.82) is 0 Å². The minimum absolute atomic E-state index is 0.0221. The number of hydrogen-bond donors (Lipinski definition) is 1. The van der Waals surface area contributed by atoms with E-state index in [0.29, 0.717) is 17.4 Å². The third kappa shape index (κ3) is 51.0. The zero-order valence-electron chi connectivity index (χ0n) is 46.3. The van der Waals surface area contributed by atoms with Gasteiger partial charge in [-0.3, -0.25) is 14.2 Å². The van der Waals surface area contributed by atoms with Crippen LogP contribution in [0.2, 0.25) is 0 Å². The first-order valence-corrected chi connectivity index (χ1v) is 30.8. The molecule has 0 radical (unpaired) electrons. The Balaban J connectivity index is 5.36. The van der Waals surface area contributed by atoms with Gasteiger partial charge in [0.05, 0.1) is 33.8 Å². The van der Waals surface area contributed by atoms with Crippen molar-refractivity contribution < 1.29 is 37.3 Å². The highest BCUT2D eigenvalue weighted by atomic mass is 31.2. The van der Waals surface area contributed by atoms with Gasteiger partial charge in [-0.15, -0.1) is 0 Å². The summed E-state index contributed by atoms with van der Waals surface area (Å²) in [6.45, 7) is 6.83. The number of phosphoric acid groups is 1. The van der Waals surface area contributed by atoms with Crippen LogP contribution in [0, 0.1) is 0 Å². The van der Waals surface area contributed by atoms with E-state index in [1.165, 1.54) is 167 Å². The van der Waals surface area contributed by atoms with E-state index in [2.05, 4.69) is 50.4 Å². The number of amides is 1. The second-order valence-electron chi connectivity index (χ2n) is 21.2. The van der Waals surface area contributed by atoms with Crippen molar-refractivity contribution in [2.24, 2.45) is 0 Å². The molecule has 0 saturated carbocycles. The maximum absolute atomic E-state index is 13.5. The number of carbonyl (C=O) groups is 2. The summed E-state index contributed by atoms with van der Waals surface area (Å²) >= 11 is 0. The van der Waals surface area contributed by atoms with Crippen LogP contribution in [-0.2, 0) is 27.9 Å². The summed E-state index contributed by atoms with van der Waals surface area (Å²) in [5, 5.41) is 3.02. The lowest BCUT2D eigenvalue weighted by atomic mass is 10.0. The zero-order chi connectivity index (χ0) is 50.8. The largest absolute Gasteiger partial charge is 0.756 e. The van der Waals surface area contributed by atoms with Gasteiger partial charge in [0.2, 0.25) is 5.91 Å². The summed E-state index contributed by atoms with van der Waals surface area (Å²) < 4.78 is 30.2. The van der Waals surface area contributed by atoms with E-state index in [4.69, 9.17) is 13.8 Å². The van der Waals surface area contributed by atoms with Gasteiger partial charge in [0.25, 0.3) is 7.82 Å². The molecule has 9 nitrogen and oxygen atoms in total. The molecule has 0 aliphatic rings. The number of esters is 1. The lowest BCUT2D eigenvalue weighted by Crippen LogP contribution is -2.47. The van der Waals surface area contributed by atoms with E-state index in [0.717, 1.165) is 77.0 Å². The first-order valence-electron chi connectivity index (χ1n) is 29.3. The molecule has 0 bridgehead atoms. The molecule has 0 rings (SSSR count). The van der Waals surface area contributed by atoms with Crippen molar-refractivity contribution in [1.82, 2.24) is 5.32 Å². The molecule has 3 atom stereocenters. The number of likely N-dealkylation sites (N-methyl/N-ethyl adjacent to an activating group) is 1. The van der Waals surface area contributed by atoms with Crippen LogP contribution >= 0.6 is 7.82 Å². The number of phosphoric ester groups is 1. The third-order valence-electron chi connectivity index (χ3n) is 13.1. The van der Waals surface area contributed by atoms with Gasteiger partial charge in [-0.25, -0.2) is 0 Å².